The molecule has 2 unspecified atom stereocenters. The molecule has 1 heterocycles. The molecule has 184 valence electrons. The number of halogens is 3. The Labute approximate surface area is 206 Å². The van der Waals surface area contributed by atoms with E-state index < -0.39 is 11.6 Å². The number of benzene rings is 3. The van der Waals surface area contributed by atoms with Gasteiger partial charge in [-0.3, -0.25) is 0 Å². The fourth-order valence-electron chi connectivity index (χ4n) is 4.82. The highest BCUT2D eigenvalue weighted by Crippen LogP contribution is 2.35. The zero-order valence-corrected chi connectivity index (χ0v) is 20.3. The molecule has 0 amide bonds. The molecule has 1 saturated heterocycles. The van der Waals surface area contributed by atoms with Crippen LogP contribution in [-0.4, -0.2) is 6.61 Å². The van der Waals surface area contributed by atoms with E-state index in [9.17, 15) is 8.78 Å². The summed E-state index contributed by atoms with van der Waals surface area (Å²) in [7, 11) is 0. The number of aryl methyl sites for hydroxylation is 1. The van der Waals surface area contributed by atoms with Crippen molar-refractivity contribution in [3.8, 4) is 22.3 Å². The van der Waals surface area contributed by atoms with E-state index in [1.54, 1.807) is 30.3 Å². The van der Waals surface area contributed by atoms with Crippen LogP contribution in [0.15, 0.2) is 67.3 Å². The van der Waals surface area contributed by atoms with Crippen LogP contribution >= 0.6 is 0 Å². The summed E-state index contributed by atoms with van der Waals surface area (Å²) in [6, 6.07) is 15.7. The summed E-state index contributed by atoms with van der Waals surface area (Å²) in [5.74, 6) is -1.36. The lowest BCUT2D eigenvalue weighted by Crippen LogP contribution is -2.21. The van der Waals surface area contributed by atoms with Crippen molar-refractivity contribution >= 4 is 0 Å². The summed E-state index contributed by atoms with van der Waals surface area (Å²) in [6.45, 7) is 6.44. The molecule has 3 aromatic rings. The number of unbranched alkanes of at least 4 members (excludes halogenated alkanes) is 1. The van der Waals surface area contributed by atoms with Gasteiger partial charge in [-0.2, -0.15) is 0 Å². The third kappa shape index (κ3) is 5.87. The van der Waals surface area contributed by atoms with Crippen LogP contribution in [0.4, 0.5) is 13.2 Å². The summed E-state index contributed by atoms with van der Waals surface area (Å²) in [4.78, 5) is 0. The Morgan fingerprint density at radius 3 is 2.31 bits per heavy atom. The molecule has 3 aromatic carbocycles. The van der Waals surface area contributed by atoms with Crippen LogP contribution in [0, 0.1) is 23.4 Å². The Bertz CT molecular complexity index is 1140. The van der Waals surface area contributed by atoms with E-state index in [1.165, 1.54) is 6.07 Å². The fourth-order valence-corrected chi connectivity index (χ4v) is 4.82. The molecule has 0 saturated carbocycles. The predicted molar refractivity (Wildman–Crippen MR) is 137 cm³/mol. The second-order valence-corrected chi connectivity index (χ2v) is 9.45. The van der Waals surface area contributed by atoms with Crippen LogP contribution in [-0.2, 0) is 11.2 Å². The minimum atomic E-state index is -0.819. The number of hydrogen-bond acceptors (Lipinski definition) is 1. The van der Waals surface area contributed by atoms with E-state index >= 15 is 4.39 Å². The fraction of sp³-hybridized carbons (Fsp3) is 0.355. The Kier molecular flexibility index (Phi) is 8.46. The molecule has 4 heteroatoms. The number of allylic oxidation sites excluding steroid dienone is 1. The zero-order valence-electron chi connectivity index (χ0n) is 20.3. The van der Waals surface area contributed by atoms with Crippen molar-refractivity contribution < 1.29 is 17.9 Å². The minimum Gasteiger partial charge on any atom is -0.373 e. The van der Waals surface area contributed by atoms with Gasteiger partial charge < -0.3 is 4.74 Å². The van der Waals surface area contributed by atoms with Gasteiger partial charge in [0.15, 0.2) is 11.6 Å². The van der Waals surface area contributed by atoms with Gasteiger partial charge in [0.1, 0.15) is 5.82 Å². The van der Waals surface area contributed by atoms with E-state index in [2.05, 4.69) is 6.58 Å². The standard InChI is InChI=1S/C31H33F3O/c1-3-5-7-21-9-18-29(35-20-21)27-17-15-25(19-28(27)32)22-10-12-23(13-11-22)26-16-14-24(8-6-4-2)30(33)31(26)34/h3,10-17,19,21,29H,1,4-9,18,20H2,2H3. The molecular formula is C31H33F3O. The maximum atomic E-state index is 15.0. The van der Waals surface area contributed by atoms with Gasteiger partial charge in [0.05, 0.1) is 12.7 Å². The SMILES string of the molecule is C=CCCC1CCC(c2ccc(-c3ccc(-c4ccc(CCCC)c(F)c4F)cc3)cc2F)OC1. The largest absolute Gasteiger partial charge is 0.373 e. The van der Waals surface area contributed by atoms with E-state index in [4.69, 9.17) is 4.74 Å². The highest BCUT2D eigenvalue weighted by atomic mass is 19.2. The summed E-state index contributed by atoms with van der Waals surface area (Å²) >= 11 is 0. The average Bonchev–Trinajstić information content (AvgIpc) is 2.89. The van der Waals surface area contributed by atoms with Gasteiger partial charge in [-0.25, -0.2) is 13.2 Å². The quantitative estimate of drug-likeness (QED) is 0.279. The van der Waals surface area contributed by atoms with Crippen LogP contribution in [0.5, 0.6) is 0 Å². The number of ether oxygens (including phenoxy) is 1. The molecular weight excluding hydrogens is 445 g/mol. The lowest BCUT2D eigenvalue weighted by molar-refractivity contribution is -0.0207. The Morgan fingerprint density at radius 2 is 1.66 bits per heavy atom. The van der Waals surface area contributed by atoms with Crippen molar-refractivity contribution in [3.63, 3.8) is 0 Å². The molecule has 0 bridgehead atoms. The molecule has 0 aromatic heterocycles. The maximum Gasteiger partial charge on any atom is 0.166 e. The van der Waals surface area contributed by atoms with Gasteiger partial charge in [-0.1, -0.05) is 68.0 Å². The minimum absolute atomic E-state index is 0.218. The van der Waals surface area contributed by atoms with E-state index in [-0.39, 0.29) is 17.5 Å². The topological polar surface area (TPSA) is 9.23 Å². The van der Waals surface area contributed by atoms with Crippen molar-refractivity contribution in [2.24, 2.45) is 5.92 Å². The zero-order chi connectivity index (χ0) is 24.8. The number of rotatable bonds is 9. The third-order valence-electron chi connectivity index (χ3n) is 6.99. The molecule has 4 rings (SSSR count). The van der Waals surface area contributed by atoms with Gasteiger partial charge in [0.25, 0.3) is 0 Å². The molecule has 0 aliphatic carbocycles. The first-order valence-electron chi connectivity index (χ1n) is 12.6. The molecule has 1 nitrogen and oxygen atoms in total. The van der Waals surface area contributed by atoms with Crippen LogP contribution < -0.4 is 0 Å². The van der Waals surface area contributed by atoms with E-state index in [0.717, 1.165) is 49.7 Å². The molecule has 0 N–H and O–H groups in total. The van der Waals surface area contributed by atoms with Crippen LogP contribution in [0.1, 0.15) is 62.7 Å². The third-order valence-corrected chi connectivity index (χ3v) is 6.99. The summed E-state index contributed by atoms with van der Waals surface area (Å²) < 4.78 is 50.2. The number of hydrogen-bond donors (Lipinski definition) is 0. The molecule has 2 atom stereocenters. The normalized spacial score (nSPS) is 17.9. The van der Waals surface area contributed by atoms with Gasteiger partial charge >= 0.3 is 0 Å². The summed E-state index contributed by atoms with van der Waals surface area (Å²) in [5.41, 5.74) is 3.37. The van der Waals surface area contributed by atoms with Gasteiger partial charge in [0.2, 0.25) is 0 Å². The molecule has 0 spiro atoms. The van der Waals surface area contributed by atoms with Crippen molar-refractivity contribution in [2.45, 2.75) is 58.0 Å². The predicted octanol–water partition coefficient (Wildman–Crippen LogP) is 9.21. The van der Waals surface area contributed by atoms with Crippen LogP contribution in [0.3, 0.4) is 0 Å². The molecule has 1 aliphatic heterocycles. The summed E-state index contributed by atoms with van der Waals surface area (Å²) in [5, 5.41) is 0. The van der Waals surface area contributed by atoms with Crippen molar-refractivity contribution in [1.29, 1.82) is 0 Å². The lowest BCUT2D eigenvalue weighted by Gasteiger charge is -2.29. The summed E-state index contributed by atoms with van der Waals surface area (Å²) in [6.07, 6.45) is 7.87. The molecule has 1 aliphatic rings. The monoisotopic (exact) mass is 478 g/mol. The van der Waals surface area contributed by atoms with E-state index in [0.29, 0.717) is 35.6 Å². The van der Waals surface area contributed by atoms with Crippen molar-refractivity contribution in [2.75, 3.05) is 6.61 Å². The first-order chi connectivity index (χ1) is 17.0. The average molecular weight is 479 g/mol. The lowest BCUT2D eigenvalue weighted by atomic mass is 9.90. The second-order valence-electron chi connectivity index (χ2n) is 9.45. The molecule has 1 fully saturated rings. The van der Waals surface area contributed by atoms with Crippen LogP contribution in [0.25, 0.3) is 22.3 Å². The van der Waals surface area contributed by atoms with E-state index in [1.807, 2.05) is 31.2 Å². The van der Waals surface area contributed by atoms with Crippen molar-refractivity contribution in [3.05, 3.63) is 95.8 Å². The first-order valence-corrected chi connectivity index (χ1v) is 12.6. The molecule has 35 heavy (non-hydrogen) atoms. The maximum absolute atomic E-state index is 15.0. The second kappa shape index (κ2) is 11.7. The Balaban J connectivity index is 1.47. The highest BCUT2D eigenvalue weighted by Gasteiger charge is 2.25. The Hall–Kier alpha value is -2.85. The first kappa shape index (κ1) is 25.2. The molecule has 0 radical (unpaired) electrons. The van der Waals surface area contributed by atoms with Gasteiger partial charge in [0, 0.05) is 11.1 Å². The van der Waals surface area contributed by atoms with Crippen molar-refractivity contribution in [1.82, 2.24) is 0 Å². The van der Waals surface area contributed by atoms with Gasteiger partial charge in [-0.05, 0) is 72.8 Å². The smallest absolute Gasteiger partial charge is 0.166 e. The van der Waals surface area contributed by atoms with Gasteiger partial charge in [-0.15, -0.1) is 6.58 Å². The van der Waals surface area contributed by atoms with Crippen LogP contribution in [0.2, 0.25) is 0 Å². The highest BCUT2D eigenvalue weighted by molar-refractivity contribution is 5.71. The Morgan fingerprint density at radius 1 is 0.914 bits per heavy atom.